The zero-order chi connectivity index (χ0) is 7.68. The topological polar surface area (TPSA) is 41.1 Å². The van der Waals surface area contributed by atoms with Gasteiger partial charge in [-0.25, -0.2) is 4.79 Å². The number of rotatable bonds is 0. The predicted molar refractivity (Wildman–Crippen MR) is 42.1 cm³/mol. The maximum atomic E-state index is 10.9. The molecule has 0 radical (unpaired) electrons. The second-order valence-corrected chi connectivity index (χ2v) is 3.23. The van der Waals surface area contributed by atoms with E-state index in [-0.39, 0.29) is 6.03 Å². The number of fused-ring (bicyclic) bond motifs is 2. The molecule has 11 heavy (non-hydrogen) atoms. The average Bonchev–Trinajstić information content (AvgIpc) is 2.43. The molecule has 0 aromatic rings. The van der Waals surface area contributed by atoms with Crippen LogP contribution in [0.1, 0.15) is 6.42 Å². The molecule has 2 rings (SSSR count). The van der Waals surface area contributed by atoms with E-state index in [4.69, 9.17) is 0 Å². The zero-order valence-corrected chi connectivity index (χ0v) is 6.34. The molecule has 2 atom stereocenters. The first-order chi connectivity index (χ1) is 5.34. The molecule has 1 heterocycles. The van der Waals surface area contributed by atoms with Crippen molar-refractivity contribution in [3.8, 4) is 0 Å². The summed E-state index contributed by atoms with van der Waals surface area (Å²) in [6.45, 7) is 1.58. The quantitative estimate of drug-likeness (QED) is 0.487. The Labute approximate surface area is 65.9 Å². The highest BCUT2D eigenvalue weighted by Gasteiger charge is 2.21. The molecule has 0 spiro atoms. The van der Waals surface area contributed by atoms with E-state index >= 15 is 0 Å². The Morgan fingerprint density at radius 2 is 1.73 bits per heavy atom. The van der Waals surface area contributed by atoms with Gasteiger partial charge in [-0.2, -0.15) is 0 Å². The third-order valence-electron chi connectivity index (χ3n) is 2.31. The number of amides is 2. The lowest BCUT2D eigenvalue weighted by molar-refractivity contribution is 0.235. The molecule has 2 aliphatic rings. The van der Waals surface area contributed by atoms with Gasteiger partial charge < -0.3 is 10.6 Å². The summed E-state index contributed by atoms with van der Waals surface area (Å²) in [4.78, 5) is 10.9. The van der Waals surface area contributed by atoms with Gasteiger partial charge in [0.2, 0.25) is 0 Å². The highest BCUT2D eigenvalue weighted by Crippen LogP contribution is 2.22. The highest BCUT2D eigenvalue weighted by atomic mass is 16.2. The molecule has 1 aliphatic carbocycles. The minimum absolute atomic E-state index is 0.0246. The van der Waals surface area contributed by atoms with Crippen LogP contribution in [0.5, 0.6) is 0 Å². The molecular weight excluding hydrogens is 140 g/mol. The molecule has 1 aliphatic heterocycles. The maximum absolute atomic E-state index is 10.9. The first-order valence-corrected chi connectivity index (χ1v) is 4.04. The van der Waals surface area contributed by atoms with Gasteiger partial charge in [0.25, 0.3) is 0 Å². The molecule has 2 unspecified atom stereocenters. The van der Waals surface area contributed by atoms with Crippen molar-refractivity contribution < 1.29 is 4.79 Å². The summed E-state index contributed by atoms with van der Waals surface area (Å²) in [5.74, 6) is 1.15. The molecule has 2 N–H and O–H groups in total. The van der Waals surface area contributed by atoms with Crippen molar-refractivity contribution in [3.63, 3.8) is 0 Å². The Balaban J connectivity index is 2.03. The third kappa shape index (κ3) is 1.37. The molecule has 0 aromatic heterocycles. The van der Waals surface area contributed by atoms with Crippen LogP contribution in [-0.4, -0.2) is 19.1 Å². The first-order valence-electron chi connectivity index (χ1n) is 4.04. The molecule has 0 saturated carbocycles. The van der Waals surface area contributed by atoms with Gasteiger partial charge >= 0.3 is 6.03 Å². The summed E-state index contributed by atoms with van der Waals surface area (Å²) in [6.07, 6.45) is 5.60. The van der Waals surface area contributed by atoms with Crippen molar-refractivity contribution in [2.24, 2.45) is 11.8 Å². The number of hydrogen-bond donors (Lipinski definition) is 2. The van der Waals surface area contributed by atoms with Crippen molar-refractivity contribution in [1.82, 2.24) is 10.6 Å². The van der Waals surface area contributed by atoms with E-state index in [2.05, 4.69) is 22.8 Å². The van der Waals surface area contributed by atoms with Crippen molar-refractivity contribution in [2.45, 2.75) is 6.42 Å². The fraction of sp³-hybridized carbons (Fsp3) is 0.625. The number of carbonyl (C=O) groups is 1. The van der Waals surface area contributed by atoms with Crippen molar-refractivity contribution >= 4 is 6.03 Å². The monoisotopic (exact) mass is 152 g/mol. The Bertz CT molecular complexity index is 182. The molecular formula is C8H12N2O. The second-order valence-electron chi connectivity index (χ2n) is 3.23. The summed E-state index contributed by atoms with van der Waals surface area (Å²) >= 11 is 0. The predicted octanol–water partition coefficient (Wildman–Crippen LogP) is 0.491. The van der Waals surface area contributed by atoms with E-state index in [0.29, 0.717) is 11.8 Å². The van der Waals surface area contributed by atoms with Crippen LogP contribution < -0.4 is 10.6 Å². The smallest absolute Gasteiger partial charge is 0.314 e. The van der Waals surface area contributed by atoms with Gasteiger partial charge in [-0.15, -0.1) is 0 Å². The largest absolute Gasteiger partial charge is 0.338 e. The maximum Gasteiger partial charge on any atom is 0.314 e. The Morgan fingerprint density at radius 3 is 2.27 bits per heavy atom. The molecule has 2 bridgehead atoms. The number of urea groups is 1. The van der Waals surface area contributed by atoms with Crippen LogP contribution in [0, 0.1) is 11.8 Å². The van der Waals surface area contributed by atoms with E-state index in [0.717, 1.165) is 13.1 Å². The molecule has 2 amide bonds. The minimum Gasteiger partial charge on any atom is -0.338 e. The van der Waals surface area contributed by atoms with E-state index in [1.54, 1.807) is 0 Å². The summed E-state index contributed by atoms with van der Waals surface area (Å²) < 4.78 is 0. The van der Waals surface area contributed by atoms with Gasteiger partial charge in [0, 0.05) is 13.1 Å². The van der Waals surface area contributed by atoms with E-state index in [9.17, 15) is 4.79 Å². The lowest BCUT2D eigenvalue weighted by Gasteiger charge is -2.17. The van der Waals surface area contributed by atoms with Gasteiger partial charge in [-0.1, -0.05) is 12.2 Å². The van der Waals surface area contributed by atoms with E-state index < -0.39 is 0 Å². The zero-order valence-electron chi connectivity index (χ0n) is 6.34. The van der Waals surface area contributed by atoms with Crippen molar-refractivity contribution in [3.05, 3.63) is 12.2 Å². The average molecular weight is 152 g/mol. The van der Waals surface area contributed by atoms with Crippen LogP contribution in [0.25, 0.3) is 0 Å². The molecule has 1 fully saturated rings. The van der Waals surface area contributed by atoms with Gasteiger partial charge in [0.1, 0.15) is 0 Å². The first kappa shape index (κ1) is 6.70. The van der Waals surface area contributed by atoms with Gasteiger partial charge in [0.15, 0.2) is 0 Å². The van der Waals surface area contributed by atoms with Gasteiger partial charge in [-0.05, 0) is 18.3 Å². The summed E-state index contributed by atoms with van der Waals surface area (Å²) in [6, 6.07) is -0.0246. The third-order valence-corrected chi connectivity index (χ3v) is 2.31. The van der Waals surface area contributed by atoms with Crippen molar-refractivity contribution in [2.75, 3.05) is 13.1 Å². The Morgan fingerprint density at radius 1 is 1.18 bits per heavy atom. The fourth-order valence-corrected chi connectivity index (χ4v) is 1.67. The molecule has 3 nitrogen and oxygen atoms in total. The lowest BCUT2D eigenvalue weighted by Crippen LogP contribution is -2.41. The number of nitrogens with one attached hydrogen (secondary N) is 2. The summed E-state index contributed by atoms with van der Waals surface area (Å²) in [7, 11) is 0. The normalized spacial score (nSPS) is 35.5. The van der Waals surface area contributed by atoms with E-state index in [1.807, 2.05) is 0 Å². The number of hydrogen-bond acceptors (Lipinski definition) is 1. The van der Waals surface area contributed by atoms with Crippen LogP contribution in [0.2, 0.25) is 0 Å². The van der Waals surface area contributed by atoms with E-state index in [1.165, 1.54) is 6.42 Å². The Kier molecular flexibility index (Phi) is 1.56. The molecule has 3 heteroatoms. The molecule has 60 valence electrons. The summed E-state index contributed by atoms with van der Waals surface area (Å²) in [5, 5.41) is 5.62. The van der Waals surface area contributed by atoms with Crippen molar-refractivity contribution in [1.29, 1.82) is 0 Å². The molecule has 0 aromatic carbocycles. The molecule has 1 saturated heterocycles. The van der Waals surface area contributed by atoms with Gasteiger partial charge in [0.05, 0.1) is 0 Å². The lowest BCUT2D eigenvalue weighted by atomic mass is 10.0. The minimum atomic E-state index is -0.0246. The van der Waals surface area contributed by atoms with Crippen LogP contribution >= 0.6 is 0 Å². The number of carbonyl (C=O) groups excluding carboxylic acids is 1. The SMILES string of the molecule is O=C1NCC2C=CC(CN1)C2. The van der Waals surface area contributed by atoms with Crippen LogP contribution in [0.4, 0.5) is 4.79 Å². The van der Waals surface area contributed by atoms with Crippen LogP contribution in [0.15, 0.2) is 12.2 Å². The Hall–Kier alpha value is -0.990. The van der Waals surface area contributed by atoms with Crippen LogP contribution in [0.3, 0.4) is 0 Å². The highest BCUT2D eigenvalue weighted by molar-refractivity contribution is 5.74. The second kappa shape index (κ2) is 2.57. The van der Waals surface area contributed by atoms with Crippen LogP contribution in [-0.2, 0) is 0 Å². The summed E-state index contributed by atoms with van der Waals surface area (Å²) in [5.41, 5.74) is 0. The standard InChI is InChI=1S/C8H12N2O/c11-8-9-4-6-1-2-7(3-6)5-10-8/h1-2,6-7H,3-5H2,(H2,9,10,11). The fourth-order valence-electron chi connectivity index (χ4n) is 1.67. The van der Waals surface area contributed by atoms with Gasteiger partial charge in [-0.3, -0.25) is 0 Å².